The molecule has 0 fully saturated rings. The van der Waals surface area contributed by atoms with Crippen molar-refractivity contribution in [1.29, 1.82) is 0 Å². The maximum absolute atomic E-state index is 6.19. The molecular weight excluding hydrogens is 1060 g/mol. The molecule has 11 aromatic rings. The molecule has 0 atom stereocenters. The first-order valence-electron chi connectivity index (χ1n) is 24.0. The van der Waals surface area contributed by atoms with Gasteiger partial charge in [0.25, 0.3) is 0 Å². The van der Waals surface area contributed by atoms with Gasteiger partial charge in [0.1, 0.15) is 10.4 Å². The summed E-state index contributed by atoms with van der Waals surface area (Å²) in [6.45, 7) is 22.9. The second-order valence-electron chi connectivity index (χ2n) is 20.2. The average Bonchev–Trinajstić information content (AvgIpc) is 4.02. The molecule has 5 heterocycles. The number of hydrogen-bond acceptors (Lipinski definition) is 5. The smallest absolute Gasteiger partial charge is 0.120 e. The van der Waals surface area contributed by atoms with Crippen LogP contribution in [-0.4, -0.2) is 27.6 Å². The number of furan rings is 1. The van der Waals surface area contributed by atoms with E-state index in [1.807, 2.05) is 25.1 Å². The van der Waals surface area contributed by atoms with Crippen LogP contribution in [0.2, 0.25) is 19.6 Å². The molecule has 1 radical (unpaired) electrons. The third-order valence-corrected chi connectivity index (χ3v) is 16.1. The Bertz CT molecular complexity index is 3620. The summed E-state index contributed by atoms with van der Waals surface area (Å²) in [5.74, 6) is 2.17. The molecule has 0 aliphatic heterocycles. The monoisotopic (exact) mass is 1120 g/mol. The first kappa shape index (κ1) is 48.0. The van der Waals surface area contributed by atoms with Gasteiger partial charge in [-0.3, -0.25) is 4.98 Å². The van der Waals surface area contributed by atoms with Gasteiger partial charge in [-0.15, -0.1) is 42.0 Å². The number of aromatic nitrogens is 4. The molecule has 0 spiro atoms. The maximum atomic E-state index is 6.19. The molecule has 0 saturated carbocycles. The van der Waals surface area contributed by atoms with Gasteiger partial charge in [0.15, 0.2) is 0 Å². The van der Waals surface area contributed by atoms with E-state index in [9.17, 15) is 0 Å². The van der Waals surface area contributed by atoms with Crippen LogP contribution < -0.4 is 5.19 Å². The molecule has 0 saturated heterocycles. The fourth-order valence-electron chi connectivity index (χ4n) is 9.67. The van der Waals surface area contributed by atoms with Crippen molar-refractivity contribution in [3.8, 4) is 39.5 Å². The van der Waals surface area contributed by atoms with E-state index < -0.39 is 8.07 Å². The molecule has 0 unspecified atom stereocenters. The van der Waals surface area contributed by atoms with Crippen LogP contribution in [0.15, 0.2) is 144 Å². The third-order valence-electron chi connectivity index (χ3n) is 13.0. The predicted octanol–water partition coefficient (Wildman–Crippen LogP) is 16.7. The molecule has 0 N–H and O–H groups in total. The summed E-state index contributed by atoms with van der Waals surface area (Å²) in [7, 11) is -1.44. The molecule has 0 aliphatic carbocycles. The van der Waals surface area contributed by atoms with E-state index in [0.717, 1.165) is 72.6 Å². The van der Waals surface area contributed by atoms with Crippen molar-refractivity contribution in [2.24, 2.45) is 5.92 Å². The fourth-order valence-corrected chi connectivity index (χ4v) is 12.3. The Morgan fingerprint density at radius 2 is 1.41 bits per heavy atom. The number of thiophene rings is 1. The molecule has 0 bridgehead atoms. The summed E-state index contributed by atoms with van der Waals surface area (Å²) in [4.78, 5) is 16.0. The molecule has 0 aliphatic rings. The molecule has 0 amide bonds. The van der Waals surface area contributed by atoms with Gasteiger partial charge in [0, 0.05) is 43.1 Å². The summed E-state index contributed by atoms with van der Waals surface area (Å²) in [5.41, 5.74) is 15.6. The summed E-state index contributed by atoms with van der Waals surface area (Å²) >= 11 is 1.73. The number of imidazole rings is 1. The Morgan fingerprint density at radius 1 is 0.696 bits per heavy atom. The van der Waals surface area contributed by atoms with Crippen molar-refractivity contribution < 1.29 is 24.5 Å². The van der Waals surface area contributed by atoms with Gasteiger partial charge in [-0.25, -0.2) is 4.98 Å². The van der Waals surface area contributed by atoms with Crippen LogP contribution in [0.4, 0.5) is 0 Å². The van der Waals surface area contributed by atoms with Crippen molar-refractivity contribution in [2.45, 2.75) is 86.4 Å². The summed E-state index contributed by atoms with van der Waals surface area (Å²) in [6, 6.07) is 54.1. The van der Waals surface area contributed by atoms with Gasteiger partial charge in [0.05, 0.1) is 30.5 Å². The second kappa shape index (κ2) is 19.4. The van der Waals surface area contributed by atoms with Gasteiger partial charge in [-0.05, 0) is 111 Å². The van der Waals surface area contributed by atoms with E-state index in [1.54, 1.807) is 11.3 Å². The largest absolute Gasteiger partial charge is 0.501 e. The van der Waals surface area contributed by atoms with Gasteiger partial charge >= 0.3 is 0 Å². The molecule has 6 aromatic carbocycles. The van der Waals surface area contributed by atoms with Crippen molar-refractivity contribution in [1.82, 2.24) is 19.5 Å². The van der Waals surface area contributed by atoms with E-state index in [2.05, 4.69) is 199 Å². The molecule has 69 heavy (non-hydrogen) atoms. The Kier molecular flexibility index (Phi) is 13.5. The topological polar surface area (TPSA) is 56.7 Å². The minimum atomic E-state index is -1.44. The van der Waals surface area contributed by atoms with Crippen molar-refractivity contribution in [2.75, 3.05) is 0 Å². The standard InChI is InChI=1S/C37H32N3S.C24H26NOSi.Ir/c1-22(2)29-20-27(25-11-7-6-8-12-25)21-30(23(3)4)35(29)40-33-14-10-9-13-32(33)39-36(40)26-16-18-34-31(19-26)28-17-15-24(5)38-37(28)41-34;1-16(2)13-17-14-21(25-15-23(17)27(3,4)5)20-11-8-10-19-18-9-6-7-12-22(18)26-24(19)20;/h6-15,17-23H,1-5H3;6-10,12,14-16H,13H2,1-5H3;/q2*-1;. The summed E-state index contributed by atoms with van der Waals surface area (Å²) in [5, 5.41) is 6.12. The molecule has 5 nitrogen and oxygen atoms in total. The van der Waals surface area contributed by atoms with Crippen LogP contribution in [0.3, 0.4) is 0 Å². The Hall–Kier alpha value is -6.02. The molecule has 349 valence electrons. The van der Waals surface area contributed by atoms with Crippen LogP contribution in [0.1, 0.15) is 75.8 Å². The van der Waals surface area contributed by atoms with Gasteiger partial charge in [-0.1, -0.05) is 156 Å². The number of rotatable bonds is 9. The molecular formula is C61H58IrN4OSSi-2. The summed E-state index contributed by atoms with van der Waals surface area (Å²) < 4.78 is 9.78. The van der Waals surface area contributed by atoms with Crippen molar-refractivity contribution in [3.63, 3.8) is 0 Å². The first-order chi connectivity index (χ1) is 32.7. The van der Waals surface area contributed by atoms with Crippen LogP contribution >= 0.6 is 11.3 Å². The Morgan fingerprint density at radius 3 is 2.13 bits per heavy atom. The number of fused-ring (bicyclic) bond motifs is 7. The van der Waals surface area contributed by atoms with Gasteiger partial charge in [-0.2, -0.15) is 11.3 Å². The minimum absolute atomic E-state index is 0. The zero-order chi connectivity index (χ0) is 47.4. The molecule has 5 aromatic heterocycles. The number of pyridine rings is 2. The molecule has 8 heteroatoms. The number of hydrogen-bond donors (Lipinski definition) is 0. The number of para-hydroxylation sites is 3. The first-order valence-corrected chi connectivity index (χ1v) is 28.3. The second-order valence-corrected chi connectivity index (χ2v) is 26.3. The van der Waals surface area contributed by atoms with E-state index >= 15 is 0 Å². The number of aryl methyl sites for hydroxylation is 1. The number of benzene rings is 6. The van der Waals surface area contributed by atoms with E-state index in [-0.39, 0.29) is 20.1 Å². The van der Waals surface area contributed by atoms with E-state index in [0.29, 0.717) is 17.8 Å². The SMILES string of the molecule is CC(C)Cc1cc(-c2[c-]ccc3c2oc2ccccc23)ncc1[Si](C)(C)C.Cc1ccc2c(n1)sc1c[c-]c(-c3nc4ccccc4n3-c3c(C(C)C)cc(-c4ccccc4)cc3C(C)C)cc12.[Ir]. The normalized spacial score (nSPS) is 12.0. The van der Waals surface area contributed by atoms with Crippen LogP contribution in [-0.2, 0) is 26.5 Å². The van der Waals surface area contributed by atoms with E-state index in [1.165, 1.54) is 54.2 Å². The van der Waals surface area contributed by atoms with E-state index in [4.69, 9.17) is 19.4 Å². The van der Waals surface area contributed by atoms with Crippen LogP contribution in [0.5, 0.6) is 0 Å². The van der Waals surface area contributed by atoms with Crippen LogP contribution in [0.25, 0.3) is 92.7 Å². The maximum Gasteiger partial charge on any atom is 0.120 e. The zero-order valence-corrected chi connectivity index (χ0v) is 45.4. The average molecular weight is 1120 g/mol. The quantitative estimate of drug-likeness (QED) is 0.107. The third kappa shape index (κ3) is 9.28. The van der Waals surface area contributed by atoms with Crippen LogP contribution in [0, 0.1) is 25.0 Å². The van der Waals surface area contributed by atoms with Gasteiger partial charge < -0.3 is 14.0 Å². The zero-order valence-electron chi connectivity index (χ0n) is 41.2. The Labute approximate surface area is 425 Å². The molecule has 11 rings (SSSR count). The fraction of sp³-hybridized carbons (Fsp3) is 0.230. The Balaban J connectivity index is 0.000000184. The van der Waals surface area contributed by atoms with Crippen molar-refractivity contribution >= 4 is 77.9 Å². The van der Waals surface area contributed by atoms with Gasteiger partial charge in [0.2, 0.25) is 0 Å². The van der Waals surface area contributed by atoms with Crippen molar-refractivity contribution in [3.05, 3.63) is 174 Å². The predicted molar refractivity (Wildman–Crippen MR) is 292 cm³/mol. The number of nitrogens with zero attached hydrogens (tertiary/aromatic N) is 4. The minimum Gasteiger partial charge on any atom is -0.501 e. The summed E-state index contributed by atoms with van der Waals surface area (Å²) in [6.07, 6.45) is 3.18.